The number of rotatable bonds is 6. The zero-order valence-electron chi connectivity index (χ0n) is 12.5. The van der Waals surface area contributed by atoms with Crippen LogP contribution < -0.4 is 5.32 Å². The van der Waals surface area contributed by atoms with Gasteiger partial charge >= 0.3 is 0 Å². The molecule has 0 aliphatic rings. The van der Waals surface area contributed by atoms with E-state index in [0.717, 1.165) is 12.5 Å². The van der Waals surface area contributed by atoms with Gasteiger partial charge in [0.25, 0.3) is 0 Å². The summed E-state index contributed by atoms with van der Waals surface area (Å²) in [6.45, 7) is 4.90. The Bertz CT molecular complexity index is 558. The Kier molecular flexibility index (Phi) is 5.45. The molecule has 1 atom stereocenters. The van der Waals surface area contributed by atoms with Gasteiger partial charge in [-0.2, -0.15) is 0 Å². The molecule has 0 heterocycles. The van der Waals surface area contributed by atoms with Crippen molar-refractivity contribution >= 4 is 0 Å². The van der Waals surface area contributed by atoms with Crippen molar-refractivity contribution in [1.29, 1.82) is 0 Å². The zero-order valence-corrected chi connectivity index (χ0v) is 12.5. The molecule has 1 unspecified atom stereocenters. The molecule has 0 aromatic heterocycles. The van der Waals surface area contributed by atoms with E-state index in [1.54, 1.807) is 0 Å². The Morgan fingerprint density at radius 2 is 1.57 bits per heavy atom. The Balaban J connectivity index is 1.87. The number of halogens is 2. The van der Waals surface area contributed by atoms with Crippen LogP contribution in [0.3, 0.4) is 0 Å². The number of hydrogen-bond acceptors (Lipinski definition) is 1. The highest BCUT2D eigenvalue weighted by Crippen LogP contribution is 2.14. The smallest absolute Gasteiger partial charge is 0.126 e. The zero-order chi connectivity index (χ0) is 15.2. The molecule has 0 fully saturated rings. The monoisotopic (exact) mass is 289 g/mol. The molecular formula is C18H21F2N. The van der Waals surface area contributed by atoms with Gasteiger partial charge in [-0.15, -0.1) is 0 Å². The summed E-state index contributed by atoms with van der Waals surface area (Å²) in [7, 11) is 0. The highest BCUT2D eigenvalue weighted by molar-refractivity contribution is 5.24. The Hall–Kier alpha value is -1.74. The lowest BCUT2D eigenvalue weighted by atomic mass is 10.0. The third-order valence-corrected chi connectivity index (χ3v) is 3.67. The molecule has 0 spiro atoms. The van der Waals surface area contributed by atoms with Gasteiger partial charge in [0, 0.05) is 12.1 Å². The van der Waals surface area contributed by atoms with Crippen LogP contribution in [0.1, 0.15) is 36.6 Å². The molecule has 0 amide bonds. The lowest BCUT2D eigenvalue weighted by molar-refractivity contribution is 0.563. The fourth-order valence-electron chi connectivity index (χ4n) is 2.35. The van der Waals surface area contributed by atoms with Crippen LogP contribution in [0.25, 0.3) is 0 Å². The summed E-state index contributed by atoms with van der Waals surface area (Å²) >= 11 is 0. The Morgan fingerprint density at radius 1 is 0.952 bits per heavy atom. The molecule has 2 rings (SSSR count). The summed E-state index contributed by atoms with van der Waals surface area (Å²) in [5.74, 6) is -1.04. The summed E-state index contributed by atoms with van der Waals surface area (Å²) in [5.41, 5.74) is 3.22. The maximum absolute atomic E-state index is 13.1. The molecular weight excluding hydrogens is 268 g/mol. The second-order valence-electron chi connectivity index (χ2n) is 5.30. The standard InChI is InChI=1S/C18H21F2N/c1-3-14-4-6-16(7-5-14)13(2)21-9-8-15-10-17(19)12-18(20)11-15/h4-7,10-13,21H,3,8-9H2,1-2H3. The molecule has 0 bridgehead atoms. The molecule has 1 nitrogen and oxygen atoms in total. The minimum atomic E-state index is -0.520. The van der Waals surface area contributed by atoms with Crippen LogP contribution in [0.4, 0.5) is 8.78 Å². The van der Waals surface area contributed by atoms with Crippen LogP contribution in [-0.4, -0.2) is 6.54 Å². The van der Waals surface area contributed by atoms with E-state index in [2.05, 4.69) is 43.4 Å². The SMILES string of the molecule is CCc1ccc(C(C)NCCc2cc(F)cc(F)c2)cc1. The van der Waals surface area contributed by atoms with Gasteiger partial charge in [0.1, 0.15) is 11.6 Å². The molecule has 0 saturated heterocycles. The number of nitrogens with one attached hydrogen (secondary N) is 1. The normalized spacial score (nSPS) is 12.4. The van der Waals surface area contributed by atoms with E-state index in [1.807, 2.05) is 0 Å². The predicted molar refractivity (Wildman–Crippen MR) is 82.3 cm³/mol. The summed E-state index contributed by atoms with van der Waals surface area (Å²) in [6, 6.07) is 12.4. The van der Waals surface area contributed by atoms with Crippen molar-refractivity contribution in [1.82, 2.24) is 5.32 Å². The van der Waals surface area contributed by atoms with Crippen molar-refractivity contribution in [2.75, 3.05) is 6.54 Å². The predicted octanol–water partition coefficient (Wildman–Crippen LogP) is 4.42. The van der Waals surface area contributed by atoms with Crippen molar-refractivity contribution in [3.8, 4) is 0 Å². The van der Waals surface area contributed by atoms with Crippen molar-refractivity contribution in [3.05, 3.63) is 70.8 Å². The largest absolute Gasteiger partial charge is 0.310 e. The first-order valence-corrected chi connectivity index (χ1v) is 7.35. The van der Waals surface area contributed by atoms with Gasteiger partial charge in [-0.1, -0.05) is 31.2 Å². The Morgan fingerprint density at radius 3 is 2.14 bits per heavy atom. The van der Waals surface area contributed by atoms with Crippen LogP contribution in [0.15, 0.2) is 42.5 Å². The molecule has 0 aliphatic carbocycles. The van der Waals surface area contributed by atoms with Crippen LogP contribution in [-0.2, 0) is 12.8 Å². The lowest BCUT2D eigenvalue weighted by Gasteiger charge is -2.15. The molecule has 0 aliphatic heterocycles. The number of hydrogen-bond donors (Lipinski definition) is 1. The molecule has 112 valence electrons. The molecule has 21 heavy (non-hydrogen) atoms. The molecule has 2 aromatic rings. The van der Waals surface area contributed by atoms with Gasteiger partial charge in [0.05, 0.1) is 0 Å². The highest BCUT2D eigenvalue weighted by Gasteiger charge is 2.05. The van der Waals surface area contributed by atoms with Gasteiger partial charge in [-0.3, -0.25) is 0 Å². The van der Waals surface area contributed by atoms with E-state index in [0.29, 0.717) is 18.5 Å². The summed E-state index contributed by atoms with van der Waals surface area (Å²) < 4.78 is 26.2. The first-order valence-electron chi connectivity index (χ1n) is 7.35. The van der Waals surface area contributed by atoms with Crippen molar-refractivity contribution in [3.63, 3.8) is 0 Å². The first kappa shape index (κ1) is 15.6. The van der Waals surface area contributed by atoms with Crippen molar-refractivity contribution in [2.45, 2.75) is 32.7 Å². The van der Waals surface area contributed by atoms with E-state index in [1.165, 1.54) is 23.3 Å². The molecule has 0 radical (unpaired) electrons. The first-order chi connectivity index (χ1) is 10.1. The van der Waals surface area contributed by atoms with Gasteiger partial charge in [-0.05, 0) is 55.1 Å². The van der Waals surface area contributed by atoms with E-state index < -0.39 is 11.6 Å². The van der Waals surface area contributed by atoms with Crippen molar-refractivity contribution in [2.24, 2.45) is 0 Å². The van der Waals surface area contributed by atoms with E-state index in [-0.39, 0.29) is 6.04 Å². The number of aryl methyl sites for hydroxylation is 1. The molecule has 0 saturated carbocycles. The molecule has 1 N–H and O–H groups in total. The third-order valence-electron chi connectivity index (χ3n) is 3.67. The van der Waals surface area contributed by atoms with Crippen LogP contribution >= 0.6 is 0 Å². The van der Waals surface area contributed by atoms with Crippen LogP contribution in [0.2, 0.25) is 0 Å². The maximum Gasteiger partial charge on any atom is 0.126 e. The Labute approximate surface area is 125 Å². The van der Waals surface area contributed by atoms with E-state index in [9.17, 15) is 8.78 Å². The van der Waals surface area contributed by atoms with Gasteiger partial charge in [0.15, 0.2) is 0 Å². The fraction of sp³-hybridized carbons (Fsp3) is 0.333. The summed E-state index contributed by atoms with van der Waals surface area (Å²) in [4.78, 5) is 0. The average Bonchev–Trinajstić information content (AvgIpc) is 2.46. The van der Waals surface area contributed by atoms with Crippen molar-refractivity contribution < 1.29 is 8.78 Å². The van der Waals surface area contributed by atoms with E-state index in [4.69, 9.17) is 0 Å². The van der Waals surface area contributed by atoms with E-state index >= 15 is 0 Å². The summed E-state index contributed by atoms with van der Waals surface area (Å²) in [5, 5.41) is 3.38. The molecule has 2 aromatic carbocycles. The van der Waals surface area contributed by atoms with Crippen LogP contribution in [0.5, 0.6) is 0 Å². The second-order valence-corrected chi connectivity index (χ2v) is 5.30. The average molecular weight is 289 g/mol. The minimum Gasteiger partial charge on any atom is -0.310 e. The topological polar surface area (TPSA) is 12.0 Å². The fourth-order valence-corrected chi connectivity index (χ4v) is 2.35. The van der Waals surface area contributed by atoms with Gasteiger partial charge in [0.2, 0.25) is 0 Å². The summed E-state index contributed by atoms with van der Waals surface area (Å²) in [6.07, 6.45) is 1.64. The van der Waals surface area contributed by atoms with Gasteiger partial charge in [-0.25, -0.2) is 8.78 Å². The molecule has 3 heteroatoms. The third kappa shape index (κ3) is 4.64. The number of benzene rings is 2. The van der Waals surface area contributed by atoms with Crippen LogP contribution in [0, 0.1) is 11.6 Å². The quantitative estimate of drug-likeness (QED) is 0.830. The highest BCUT2D eigenvalue weighted by atomic mass is 19.1. The second kappa shape index (κ2) is 7.32. The maximum atomic E-state index is 13.1. The van der Waals surface area contributed by atoms with Gasteiger partial charge < -0.3 is 5.32 Å². The minimum absolute atomic E-state index is 0.217. The lowest BCUT2D eigenvalue weighted by Crippen LogP contribution is -2.21.